The number of aliphatic hydroxyl groups excluding tert-OH is 1. The Hall–Kier alpha value is -6.20. The van der Waals surface area contributed by atoms with Crippen LogP contribution < -0.4 is 37.6 Å². The molecule has 17 nitrogen and oxygen atoms in total. The van der Waals surface area contributed by atoms with Crippen molar-refractivity contribution in [1.29, 1.82) is 0 Å². The van der Waals surface area contributed by atoms with E-state index in [1.807, 2.05) is 103 Å². The Bertz CT molecular complexity index is 3530. The third-order valence-electron chi connectivity index (χ3n) is 10.6. The van der Waals surface area contributed by atoms with Gasteiger partial charge in [0.05, 0.1) is 42.9 Å². The number of aryl methyl sites for hydroxylation is 2. The number of nitrogen functional groups attached to an aromatic ring is 2. The summed E-state index contributed by atoms with van der Waals surface area (Å²) in [4.78, 5) is 67.1. The summed E-state index contributed by atoms with van der Waals surface area (Å²) in [6.45, 7) is 1.93. The van der Waals surface area contributed by atoms with E-state index in [1.165, 1.54) is 36.4 Å². The SMILES string of the molecule is C.CCO.CI.CN(C)c1ccc2c(=O)c3ccc(N)cc3n(C)c2c1.CN(C)c1ccc2c(=O)c3ccc([N+](=O)[O-])cc3n(C)c2c1.Nc1ccc2c(=O)c3ccc([N+](=O)[O-])cc3[nH]c2c1.[Cl][Sn][Cl]. The summed E-state index contributed by atoms with van der Waals surface area (Å²) in [6, 6.07) is 30.3. The number of fused-ring (bicyclic) bond motifs is 6. The van der Waals surface area contributed by atoms with Crippen LogP contribution in [0.4, 0.5) is 34.1 Å². The van der Waals surface area contributed by atoms with E-state index in [4.69, 9.17) is 34.4 Å². The number of H-pyrrole nitrogens is 1. The first-order chi connectivity index (χ1) is 32.8. The quantitative estimate of drug-likeness (QED) is 0.0245. The van der Waals surface area contributed by atoms with Crippen molar-refractivity contribution in [2.75, 3.05) is 61.0 Å². The van der Waals surface area contributed by atoms with Crippen LogP contribution in [0, 0.1) is 20.2 Å². The molecule has 0 unspecified atom stereocenters. The van der Waals surface area contributed by atoms with Crippen molar-refractivity contribution in [3.05, 3.63) is 160 Å². The molecular weight excluding hydrogens is 1160 g/mol. The normalized spacial score (nSPS) is 10.2. The summed E-state index contributed by atoms with van der Waals surface area (Å²) in [5.41, 5.74) is 18.5. The maximum atomic E-state index is 12.6. The van der Waals surface area contributed by atoms with Gasteiger partial charge in [0.15, 0.2) is 16.3 Å². The van der Waals surface area contributed by atoms with E-state index in [1.54, 1.807) is 43.3 Å². The molecule has 6 aromatic carbocycles. The molecule has 0 aliphatic heterocycles. The summed E-state index contributed by atoms with van der Waals surface area (Å²) in [7, 11) is 21.5. The summed E-state index contributed by atoms with van der Waals surface area (Å²) in [6.07, 6.45) is 0. The number of aromatic amines is 1. The molecule has 0 atom stereocenters. The zero-order valence-corrected chi connectivity index (χ0v) is 45.4. The number of aliphatic hydroxyl groups is 1. The molecule has 6 N–H and O–H groups in total. The predicted octanol–water partition coefficient (Wildman–Crippen LogP) is 9.86. The van der Waals surface area contributed by atoms with Gasteiger partial charge >= 0.3 is 36.7 Å². The van der Waals surface area contributed by atoms with Gasteiger partial charge in [0, 0.05) is 128 Å². The second-order valence-electron chi connectivity index (χ2n) is 15.3. The van der Waals surface area contributed by atoms with Gasteiger partial charge in [-0.1, -0.05) is 30.0 Å². The second kappa shape index (κ2) is 26.1. The van der Waals surface area contributed by atoms with E-state index in [-0.39, 0.29) is 41.7 Å². The van der Waals surface area contributed by atoms with Crippen LogP contribution >= 0.6 is 40.4 Å². The fraction of sp³-hybridized carbons (Fsp3) is 0.204. The topological polar surface area (TPSA) is 242 Å². The first kappa shape index (κ1) is 58.1. The average molecular weight is 1210 g/mol. The van der Waals surface area contributed by atoms with Crippen LogP contribution in [-0.2, 0) is 14.1 Å². The number of nitrogens with zero attached hydrogens (tertiary/aromatic N) is 6. The minimum absolute atomic E-state index is 0. The van der Waals surface area contributed by atoms with Crippen LogP contribution in [0.1, 0.15) is 14.4 Å². The van der Waals surface area contributed by atoms with Crippen LogP contribution in [0.15, 0.2) is 124 Å². The number of hydrogen-bond acceptors (Lipinski definition) is 12. The van der Waals surface area contributed by atoms with Gasteiger partial charge in [0.1, 0.15) is 0 Å². The first-order valence-corrected chi connectivity index (χ1v) is 30.0. The molecule has 21 heteroatoms. The Morgan fingerprint density at radius 1 is 0.586 bits per heavy atom. The van der Waals surface area contributed by atoms with Crippen molar-refractivity contribution < 1.29 is 15.0 Å². The molecule has 0 aliphatic carbocycles. The molecule has 9 rings (SSSR count). The van der Waals surface area contributed by atoms with Gasteiger partial charge in [-0.3, -0.25) is 34.6 Å². The van der Waals surface area contributed by atoms with Gasteiger partial charge in [-0.05, 0) is 96.8 Å². The number of alkyl halides is 1. The number of anilines is 4. The molecule has 0 saturated carbocycles. The number of aromatic nitrogens is 3. The van der Waals surface area contributed by atoms with E-state index >= 15 is 0 Å². The van der Waals surface area contributed by atoms with Gasteiger partial charge in [0.2, 0.25) is 0 Å². The molecule has 3 heterocycles. The molecule has 9 aromatic rings. The molecule has 0 amide bonds. The van der Waals surface area contributed by atoms with Crippen molar-refractivity contribution in [1.82, 2.24) is 14.1 Å². The molecule has 368 valence electrons. The third kappa shape index (κ3) is 13.2. The van der Waals surface area contributed by atoms with E-state index in [0.29, 0.717) is 54.9 Å². The fourth-order valence-electron chi connectivity index (χ4n) is 7.31. The fourth-order valence-corrected chi connectivity index (χ4v) is 7.31. The average Bonchev–Trinajstić information content (AvgIpc) is 3.33. The summed E-state index contributed by atoms with van der Waals surface area (Å²) >= 11 is 1.32. The monoisotopic (exact) mass is 1210 g/mol. The van der Waals surface area contributed by atoms with Crippen molar-refractivity contribution in [3.63, 3.8) is 0 Å². The Morgan fingerprint density at radius 3 is 1.30 bits per heavy atom. The van der Waals surface area contributed by atoms with Crippen LogP contribution in [0.5, 0.6) is 0 Å². The number of nitrogens with two attached hydrogens (primary N) is 2. The number of pyridine rings is 3. The molecular formula is C49H54Cl2IN9O8Sn. The summed E-state index contributed by atoms with van der Waals surface area (Å²) in [5.74, 6) is 0. The Balaban J connectivity index is 0.000000257. The number of nitro groups is 2. The Kier molecular flexibility index (Phi) is 21.7. The van der Waals surface area contributed by atoms with E-state index < -0.39 is 28.7 Å². The zero-order chi connectivity index (χ0) is 51.4. The zero-order valence-electron chi connectivity index (χ0n) is 38.9. The maximum absolute atomic E-state index is 12.6. The molecule has 3 aromatic heterocycles. The molecule has 70 heavy (non-hydrogen) atoms. The number of halogens is 3. The number of hydrogen-bond donors (Lipinski definition) is 4. The van der Waals surface area contributed by atoms with Gasteiger partial charge in [0.25, 0.3) is 11.4 Å². The Morgan fingerprint density at radius 2 is 0.886 bits per heavy atom. The molecule has 0 aliphatic rings. The van der Waals surface area contributed by atoms with Crippen LogP contribution in [0.25, 0.3) is 65.4 Å². The van der Waals surface area contributed by atoms with Crippen molar-refractivity contribution in [2.24, 2.45) is 14.1 Å². The number of benzene rings is 6. The summed E-state index contributed by atoms with van der Waals surface area (Å²) in [5, 5.41) is 32.7. The molecule has 0 bridgehead atoms. The molecule has 0 fully saturated rings. The number of rotatable bonds is 4. The predicted molar refractivity (Wildman–Crippen MR) is 303 cm³/mol. The van der Waals surface area contributed by atoms with E-state index in [9.17, 15) is 34.6 Å². The second-order valence-corrected chi connectivity index (χ2v) is 19.6. The number of non-ortho nitro benzene ring substituents is 2. The molecule has 0 saturated heterocycles. The third-order valence-corrected chi connectivity index (χ3v) is 10.6. The standard InChI is InChI=1S/C16H15N3O3.C16H17N3O.C13H9N3O3.C2H6O.CH3I.CH4.2ClH.Sn/c1-17(2)10-4-6-12-14(8-10)18(3)15-9-11(19(21)22)5-7-13(15)16(12)20;1-18(2)11-5-7-13-15(9-11)19(3)14-8-10(17)4-6-12(14)16(13)20;14-7-1-3-9-11(5-7)15-12-6-8(16(18)19)2-4-10(12)13(9)17;1-2-3;1-2;;;;/h4-9H,1-3H3;4-9H,17H2,1-3H3;1-6H,14H2,(H,15,17);3H,2H2,1H3;1H3;1H4;2*1H;/q;;;;;;;;+2/p-2. The van der Waals surface area contributed by atoms with Crippen LogP contribution in [-0.4, -0.2) is 87.7 Å². The number of nitro benzene ring substituents is 2. The van der Waals surface area contributed by atoms with Crippen LogP contribution in [0.2, 0.25) is 0 Å². The minimum atomic E-state index is -0.826. The van der Waals surface area contributed by atoms with Crippen molar-refractivity contribution in [3.8, 4) is 0 Å². The first-order valence-electron chi connectivity index (χ1n) is 20.6. The molecule has 2 radical (unpaired) electrons. The number of nitrogens with one attached hydrogen (secondary N) is 1. The van der Waals surface area contributed by atoms with Gasteiger partial charge in [-0.25, -0.2) is 0 Å². The van der Waals surface area contributed by atoms with Crippen molar-refractivity contribution >= 4 is 159 Å². The molecule has 0 spiro atoms. The van der Waals surface area contributed by atoms with Gasteiger partial charge in [-0.15, -0.1) is 0 Å². The van der Waals surface area contributed by atoms with Gasteiger partial charge < -0.3 is 40.5 Å². The van der Waals surface area contributed by atoms with Crippen molar-refractivity contribution in [2.45, 2.75) is 14.4 Å². The summed E-state index contributed by atoms with van der Waals surface area (Å²) < 4.78 is 3.85. The van der Waals surface area contributed by atoms with E-state index in [0.717, 1.165) is 33.3 Å². The van der Waals surface area contributed by atoms with Crippen LogP contribution in [0.3, 0.4) is 0 Å². The van der Waals surface area contributed by atoms with Gasteiger partial charge in [-0.2, -0.15) is 0 Å². The Labute approximate surface area is 434 Å². The van der Waals surface area contributed by atoms with E-state index in [2.05, 4.69) is 27.6 Å².